The first kappa shape index (κ1) is 8.72. The van der Waals surface area contributed by atoms with Gasteiger partial charge in [0.1, 0.15) is 5.78 Å². The van der Waals surface area contributed by atoms with E-state index in [-0.39, 0.29) is 11.9 Å². The van der Waals surface area contributed by atoms with E-state index in [0.717, 1.165) is 25.7 Å². The average Bonchev–Trinajstić information content (AvgIpc) is 1.85. The van der Waals surface area contributed by atoms with E-state index in [1.807, 2.05) is 0 Å². The minimum atomic E-state index is -0.145. The molecule has 0 spiro atoms. The Hall–Kier alpha value is -0.370. The summed E-state index contributed by atoms with van der Waals surface area (Å²) < 4.78 is 0. The van der Waals surface area contributed by atoms with Crippen molar-refractivity contribution in [1.29, 1.82) is 0 Å². The summed E-state index contributed by atoms with van der Waals surface area (Å²) in [5, 5.41) is 9.28. The van der Waals surface area contributed by atoms with Crippen molar-refractivity contribution in [2.24, 2.45) is 5.92 Å². The lowest BCUT2D eigenvalue weighted by Crippen LogP contribution is -2.20. The number of hydrogen-bond donors (Lipinski definition) is 1. The van der Waals surface area contributed by atoms with Crippen molar-refractivity contribution < 1.29 is 9.90 Å². The van der Waals surface area contributed by atoms with E-state index in [4.69, 9.17) is 0 Å². The van der Waals surface area contributed by atoms with Crippen molar-refractivity contribution in [2.75, 3.05) is 0 Å². The molecule has 0 heterocycles. The highest BCUT2D eigenvalue weighted by molar-refractivity contribution is 5.75. The second-order valence-electron chi connectivity index (χ2n) is 3.59. The number of aliphatic hydroxyl groups excluding tert-OH is 1. The normalized spacial score (nSPS) is 31.8. The number of carbonyl (C=O) groups excluding carboxylic acids is 1. The summed E-state index contributed by atoms with van der Waals surface area (Å²) in [4.78, 5) is 10.7. The van der Waals surface area contributed by atoms with Crippen LogP contribution in [-0.4, -0.2) is 17.0 Å². The molecule has 1 saturated carbocycles. The van der Waals surface area contributed by atoms with Crippen LogP contribution in [0.1, 0.15) is 39.0 Å². The van der Waals surface area contributed by atoms with Gasteiger partial charge in [0.15, 0.2) is 0 Å². The highest BCUT2D eigenvalue weighted by Crippen LogP contribution is 2.26. The zero-order valence-electron chi connectivity index (χ0n) is 7.05. The Labute approximate surface area is 67.6 Å². The maximum absolute atomic E-state index is 10.7. The molecule has 0 amide bonds. The van der Waals surface area contributed by atoms with Crippen LogP contribution in [0.3, 0.4) is 0 Å². The van der Waals surface area contributed by atoms with Gasteiger partial charge in [-0.2, -0.15) is 0 Å². The zero-order valence-corrected chi connectivity index (χ0v) is 7.05. The standard InChI is InChI=1S/C9H16O2/c1-7(10)5-8-3-2-4-9(11)6-8/h8-9,11H,2-6H2,1H3/t8-,9-/m1/s1. The van der Waals surface area contributed by atoms with Gasteiger partial charge in [0.05, 0.1) is 6.10 Å². The lowest BCUT2D eigenvalue weighted by molar-refractivity contribution is -0.118. The molecule has 0 bridgehead atoms. The highest BCUT2D eigenvalue weighted by Gasteiger charge is 2.20. The number of hydrogen-bond acceptors (Lipinski definition) is 2. The molecule has 1 N–H and O–H groups in total. The zero-order chi connectivity index (χ0) is 8.27. The van der Waals surface area contributed by atoms with Crippen LogP contribution in [0.15, 0.2) is 0 Å². The Balaban J connectivity index is 2.28. The number of ketones is 1. The second-order valence-corrected chi connectivity index (χ2v) is 3.59. The van der Waals surface area contributed by atoms with Gasteiger partial charge >= 0.3 is 0 Å². The van der Waals surface area contributed by atoms with Gasteiger partial charge in [0.2, 0.25) is 0 Å². The first-order chi connectivity index (χ1) is 5.18. The molecular formula is C9H16O2. The SMILES string of the molecule is CC(=O)C[C@H]1CCC[C@@H](O)C1. The highest BCUT2D eigenvalue weighted by atomic mass is 16.3. The quantitative estimate of drug-likeness (QED) is 0.658. The third-order valence-electron chi connectivity index (χ3n) is 2.33. The van der Waals surface area contributed by atoms with E-state index in [2.05, 4.69) is 0 Å². The van der Waals surface area contributed by atoms with Gasteiger partial charge in [-0.3, -0.25) is 0 Å². The van der Waals surface area contributed by atoms with Crippen LogP contribution in [-0.2, 0) is 4.79 Å². The van der Waals surface area contributed by atoms with Gasteiger partial charge in [0, 0.05) is 6.42 Å². The topological polar surface area (TPSA) is 37.3 Å². The predicted octanol–water partition coefficient (Wildman–Crippen LogP) is 1.52. The van der Waals surface area contributed by atoms with Gasteiger partial charge in [0.25, 0.3) is 0 Å². The van der Waals surface area contributed by atoms with Gasteiger partial charge < -0.3 is 9.90 Å². The van der Waals surface area contributed by atoms with E-state index in [1.54, 1.807) is 6.92 Å². The summed E-state index contributed by atoms with van der Waals surface area (Å²) >= 11 is 0. The molecular weight excluding hydrogens is 140 g/mol. The van der Waals surface area contributed by atoms with Crippen LogP contribution in [0.25, 0.3) is 0 Å². The molecule has 2 heteroatoms. The van der Waals surface area contributed by atoms with E-state index < -0.39 is 0 Å². The largest absolute Gasteiger partial charge is 0.393 e. The molecule has 0 aromatic rings. The molecule has 64 valence electrons. The molecule has 1 aliphatic rings. The Kier molecular flexibility index (Phi) is 3.06. The number of aliphatic hydroxyl groups is 1. The monoisotopic (exact) mass is 156 g/mol. The van der Waals surface area contributed by atoms with E-state index in [1.165, 1.54) is 0 Å². The number of Topliss-reactive ketones (excluding diaryl/α,β-unsaturated/α-hetero) is 1. The third-order valence-corrected chi connectivity index (χ3v) is 2.33. The molecule has 0 radical (unpaired) electrons. The summed E-state index contributed by atoms with van der Waals surface area (Å²) in [6, 6.07) is 0. The minimum Gasteiger partial charge on any atom is -0.393 e. The number of carbonyl (C=O) groups is 1. The first-order valence-electron chi connectivity index (χ1n) is 4.36. The fraction of sp³-hybridized carbons (Fsp3) is 0.889. The van der Waals surface area contributed by atoms with Crippen LogP contribution in [0, 0.1) is 5.92 Å². The van der Waals surface area contributed by atoms with Crippen LogP contribution < -0.4 is 0 Å². The molecule has 1 fully saturated rings. The van der Waals surface area contributed by atoms with Crippen molar-refractivity contribution in [3.8, 4) is 0 Å². The Morgan fingerprint density at radius 1 is 1.55 bits per heavy atom. The Morgan fingerprint density at radius 2 is 2.27 bits per heavy atom. The van der Waals surface area contributed by atoms with Crippen molar-refractivity contribution >= 4 is 5.78 Å². The molecule has 2 nitrogen and oxygen atoms in total. The molecule has 11 heavy (non-hydrogen) atoms. The maximum atomic E-state index is 10.7. The summed E-state index contributed by atoms with van der Waals surface area (Å²) in [6.45, 7) is 1.63. The third kappa shape index (κ3) is 3.02. The van der Waals surface area contributed by atoms with Gasteiger partial charge in [-0.1, -0.05) is 6.42 Å². The van der Waals surface area contributed by atoms with E-state index in [9.17, 15) is 9.90 Å². The van der Waals surface area contributed by atoms with Gasteiger partial charge in [-0.05, 0) is 32.1 Å². The molecule has 0 aromatic carbocycles. The fourth-order valence-electron chi connectivity index (χ4n) is 1.85. The molecule has 2 atom stereocenters. The van der Waals surface area contributed by atoms with Gasteiger partial charge in [-0.25, -0.2) is 0 Å². The molecule has 0 saturated heterocycles. The van der Waals surface area contributed by atoms with E-state index >= 15 is 0 Å². The van der Waals surface area contributed by atoms with Crippen molar-refractivity contribution in [1.82, 2.24) is 0 Å². The van der Waals surface area contributed by atoms with Gasteiger partial charge in [-0.15, -0.1) is 0 Å². The van der Waals surface area contributed by atoms with E-state index in [0.29, 0.717) is 12.3 Å². The molecule has 0 aromatic heterocycles. The summed E-state index contributed by atoms with van der Waals surface area (Å²) in [5.74, 6) is 0.709. The molecule has 1 aliphatic carbocycles. The minimum absolute atomic E-state index is 0.145. The van der Waals surface area contributed by atoms with Crippen LogP contribution >= 0.6 is 0 Å². The summed E-state index contributed by atoms with van der Waals surface area (Å²) in [5.41, 5.74) is 0. The molecule has 1 rings (SSSR count). The van der Waals surface area contributed by atoms with Crippen LogP contribution in [0.2, 0.25) is 0 Å². The Morgan fingerprint density at radius 3 is 2.82 bits per heavy atom. The lowest BCUT2D eigenvalue weighted by Gasteiger charge is -2.24. The van der Waals surface area contributed by atoms with Crippen molar-refractivity contribution in [2.45, 2.75) is 45.1 Å². The summed E-state index contributed by atoms with van der Waals surface area (Å²) in [6.07, 6.45) is 4.48. The lowest BCUT2D eigenvalue weighted by atomic mass is 9.84. The van der Waals surface area contributed by atoms with Crippen LogP contribution in [0.5, 0.6) is 0 Å². The fourth-order valence-corrected chi connectivity index (χ4v) is 1.85. The molecule has 0 aliphatic heterocycles. The smallest absolute Gasteiger partial charge is 0.130 e. The maximum Gasteiger partial charge on any atom is 0.130 e. The predicted molar refractivity (Wildman–Crippen MR) is 43.3 cm³/mol. The number of rotatable bonds is 2. The van der Waals surface area contributed by atoms with Crippen molar-refractivity contribution in [3.63, 3.8) is 0 Å². The van der Waals surface area contributed by atoms with Crippen molar-refractivity contribution in [3.05, 3.63) is 0 Å². The average molecular weight is 156 g/mol. The van der Waals surface area contributed by atoms with Crippen LogP contribution in [0.4, 0.5) is 0 Å². The molecule has 0 unspecified atom stereocenters. The summed E-state index contributed by atoms with van der Waals surface area (Å²) in [7, 11) is 0. The second kappa shape index (κ2) is 3.86. The Bertz CT molecular complexity index is 142. The first-order valence-corrected chi connectivity index (χ1v) is 4.36.